The molecule has 1 atom stereocenters. The second kappa shape index (κ2) is 6.48. The minimum Gasteiger partial charge on any atom is -0.462 e. The van der Waals surface area contributed by atoms with Gasteiger partial charge in [-0.2, -0.15) is 0 Å². The molecule has 1 aromatic carbocycles. The summed E-state index contributed by atoms with van der Waals surface area (Å²) in [5.74, 6) is 0.565. The fraction of sp³-hybridized carbons (Fsp3) is 0.588. The topological polar surface area (TPSA) is 41.6 Å². The normalized spacial score (nSPS) is 27.4. The van der Waals surface area contributed by atoms with Crippen molar-refractivity contribution in [3.05, 3.63) is 29.8 Å². The molecule has 4 heteroatoms. The molecular formula is C17H24N2O2. The van der Waals surface area contributed by atoms with E-state index in [-0.39, 0.29) is 5.97 Å². The maximum Gasteiger partial charge on any atom is 0.338 e. The molecule has 1 N–H and O–H groups in total. The molecule has 3 saturated heterocycles. The Bertz CT molecular complexity index is 478. The largest absolute Gasteiger partial charge is 0.462 e. The standard InChI is InChI=1S/C17H24N2O2/c1-2-11-21-17(20)14-3-5-15(6-4-14)18-16-12-19-9-7-13(16)8-10-19/h3-6,13,16,18H,2,7-12H2,1H3. The monoisotopic (exact) mass is 288 g/mol. The van der Waals surface area contributed by atoms with Crippen LogP contribution in [0.2, 0.25) is 0 Å². The number of carbonyl (C=O) groups excluding carboxylic acids is 1. The van der Waals surface area contributed by atoms with Crippen molar-refractivity contribution in [1.82, 2.24) is 4.90 Å². The number of rotatable bonds is 5. The van der Waals surface area contributed by atoms with Gasteiger partial charge in [-0.25, -0.2) is 4.79 Å². The summed E-state index contributed by atoms with van der Waals surface area (Å²) in [6, 6.07) is 8.22. The quantitative estimate of drug-likeness (QED) is 0.846. The van der Waals surface area contributed by atoms with E-state index in [9.17, 15) is 4.79 Å². The third kappa shape index (κ3) is 3.38. The Hall–Kier alpha value is -1.55. The highest BCUT2D eigenvalue weighted by Crippen LogP contribution is 2.29. The molecule has 21 heavy (non-hydrogen) atoms. The van der Waals surface area contributed by atoms with Gasteiger partial charge >= 0.3 is 5.97 Å². The molecular weight excluding hydrogens is 264 g/mol. The number of benzene rings is 1. The molecule has 0 spiro atoms. The molecule has 3 fully saturated rings. The number of fused-ring (bicyclic) bond motifs is 3. The highest BCUT2D eigenvalue weighted by molar-refractivity contribution is 5.89. The molecule has 114 valence electrons. The second-order valence-electron chi connectivity index (χ2n) is 6.10. The van der Waals surface area contributed by atoms with Gasteiger partial charge in [0.2, 0.25) is 0 Å². The summed E-state index contributed by atoms with van der Waals surface area (Å²) in [6.07, 6.45) is 3.46. The molecule has 1 unspecified atom stereocenters. The Morgan fingerprint density at radius 3 is 2.57 bits per heavy atom. The molecule has 3 aliphatic heterocycles. The van der Waals surface area contributed by atoms with E-state index in [0.29, 0.717) is 18.2 Å². The van der Waals surface area contributed by atoms with Crippen molar-refractivity contribution in [2.24, 2.45) is 5.92 Å². The van der Waals surface area contributed by atoms with Crippen LogP contribution in [-0.2, 0) is 4.74 Å². The van der Waals surface area contributed by atoms with E-state index in [1.165, 1.54) is 25.9 Å². The van der Waals surface area contributed by atoms with Gasteiger partial charge in [-0.15, -0.1) is 0 Å². The highest BCUT2D eigenvalue weighted by Gasteiger charge is 2.33. The van der Waals surface area contributed by atoms with Gasteiger partial charge in [-0.3, -0.25) is 0 Å². The van der Waals surface area contributed by atoms with Crippen molar-refractivity contribution in [1.29, 1.82) is 0 Å². The number of anilines is 1. The lowest BCUT2D eigenvalue weighted by atomic mass is 9.84. The van der Waals surface area contributed by atoms with Crippen molar-refractivity contribution in [3.63, 3.8) is 0 Å². The van der Waals surface area contributed by atoms with Crippen molar-refractivity contribution in [2.75, 3.05) is 31.6 Å². The van der Waals surface area contributed by atoms with Crippen LogP contribution in [0.15, 0.2) is 24.3 Å². The molecule has 2 bridgehead atoms. The Kier molecular flexibility index (Phi) is 4.44. The van der Waals surface area contributed by atoms with Crippen LogP contribution < -0.4 is 5.32 Å². The SMILES string of the molecule is CCCOC(=O)c1ccc(NC2CN3CCC2CC3)cc1. The molecule has 4 nitrogen and oxygen atoms in total. The van der Waals surface area contributed by atoms with E-state index in [1.54, 1.807) is 0 Å². The average Bonchev–Trinajstić information content (AvgIpc) is 2.54. The molecule has 3 heterocycles. The van der Waals surface area contributed by atoms with Crippen molar-refractivity contribution in [2.45, 2.75) is 32.2 Å². The van der Waals surface area contributed by atoms with E-state index in [1.807, 2.05) is 31.2 Å². The minimum absolute atomic E-state index is 0.230. The maximum atomic E-state index is 11.8. The molecule has 0 aliphatic carbocycles. The number of ether oxygens (including phenoxy) is 1. The molecule has 0 saturated carbocycles. The third-order valence-electron chi connectivity index (χ3n) is 4.57. The van der Waals surface area contributed by atoms with Gasteiger partial charge in [0.05, 0.1) is 12.2 Å². The van der Waals surface area contributed by atoms with Crippen molar-refractivity contribution in [3.8, 4) is 0 Å². The lowest BCUT2D eigenvalue weighted by Crippen LogP contribution is -2.53. The van der Waals surface area contributed by atoms with Crippen LogP contribution in [-0.4, -0.2) is 43.2 Å². The first-order valence-electron chi connectivity index (χ1n) is 8.02. The first kappa shape index (κ1) is 14.4. The summed E-state index contributed by atoms with van der Waals surface area (Å²) in [7, 11) is 0. The van der Waals surface area contributed by atoms with Gasteiger partial charge < -0.3 is 15.0 Å². The number of esters is 1. The summed E-state index contributed by atoms with van der Waals surface area (Å²) >= 11 is 0. The smallest absolute Gasteiger partial charge is 0.338 e. The highest BCUT2D eigenvalue weighted by atomic mass is 16.5. The predicted molar refractivity (Wildman–Crippen MR) is 83.6 cm³/mol. The Labute approximate surface area is 126 Å². The zero-order valence-electron chi connectivity index (χ0n) is 12.7. The Morgan fingerprint density at radius 1 is 1.29 bits per heavy atom. The van der Waals surface area contributed by atoms with Gasteiger partial charge in [0, 0.05) is 18.3 Å². The van der Waals surface area contributed by atoms with Crippen LogP contribution in [0.3, 0.4) is 0 Å². The number of nitrogens with zero attached hydrogens (tertiary/aromatic N) is 1. The van der Waals surface area contributed by atoms with E-state index in [2.05, 4.69) is 10.2 Å². The summed E-state index contributed by atoms with van der Waals surface area (Å²) < 4.78 is 5.14. The average molecular weight is 288 g/mol. The first-order valence-corrected chi connectivity index (χ1v) is 8.02. The molecule has 0 radical (unpaired) electrons. The van der Waals surface area contributed by atoms with Crippen LogP contribution in [0.4, 0.5) is 5.69 Å². The summed E-state index contributed by atoms with van der Waals surface area (Å²) in [5.41, 5.74) is 1.73. The fourth-order valence-corrected chi connectivity index (χ4v) is 3.32. The lowest BCUT2D eigenvalue weighted by molar-refractivity contribution is 0.0505. The fourth-order valence-electron chi connectivity index (χ4n) is 3.32. The zero-order valence-corrected chi connectivity index (χ0v) is 12.7. The number of nitrogens with one attached hydrogen (secondary N) is 1. The lowest BCUT2D eigenvalue weighted by Gasteiger charge is -2.45. The van der Waals surface area contributed by atoms with Gasteiger partial charge in [0.1, 0.15) is 0 Å². The van der Waals surface area contributed by atoms with Gasteiger partial charge in [0.25, 0.3) is 0 Å². The zero-order chi connectivity index (χ0) is 14.7. The predicted octanol–water partition coefficient (Wildman–Crippen LogP) is 2.76. The van der Waals surface area contributed by atoms with Crippen molar-refractivity contribution >= 4 is 11.7 Å². The van der Waals surface area contributed by atoms with Gasteiger partial charge in [0.15, 0.2) is 0 Å². The first-order chi connectivity index (χ1) is 10.3. The van der Waals surface area contributed by atoms with Crippen LogP contribution >= 0.6 is 0 Å². The Balaban J connectivity index is 1.58. The van der Waals surface area contributed by atoms with E-state index in [4.69, 9.17) is 4.74 Å². The Morgan fingerprint density at radius 2 is 2.00 bits per heavy atom. The third-order valence-corrected chi connectivity index (χ3v) is 4.57. The second-order valence-corrected chi connectivity index (χ2v) is 6.10. The van der Waals surface area contributed by atoms with E-state index in [0.717, 1.165) is 24.6 Å². The minimum atomic E-state index is -0.230. The summed E-state index contributed by atoms with van der Waals surface area (Å²) in [4.78, 5) is 14.3. The van der Waals surface area contributed by atoms with E-state index < -0.39 is 0 Å². The number of hydrogen-bond donors (Lipinski definition) is 1. The van der Waals surface area contributed by atoms with Gasteiger partial charge in [-0.05, 0) is 62.5 Å². The summed E-state index contributed by atoms with van der Waals surface area (Å²) in [5, 5.41) is 3.63. The van der Waals surface area contributed by atoms with E-state index >= 15 is 0 Å². The summed E-state index contributed by atoms with van der Waals surface area (Å²) in [6.45, 7) is 6.13. The maximum absolute atomic E-state index is 11.8. The molecule has 0 amide bonds. The number of carbonyl (C=O) groups is 1. The van der Waals surface area contributed by atoms with Crippen LogP contribution in [0.1, 0.15) is 36.5 Å². The van der Waals surface area contributed by atoms with Crippen LogP contribution in [0.25, 0.3) is 0 Å². The number of piperidine rings is 3. The molecule has 1 aromatic rings. The molecule has 3 aliphatic rings. The van der Waals surface area contributed by atoms with Crippen molar-refractivity contribution < 1.29 is 9.53 Å². The molecule has 0 aromatic heterocycles. The van der Waals surface area contributed by atoms with Crippen LogP contribution in [0.5, 0.6) is 0 Å². The van der Waals surface area contributed by atoms with Gasteiger partial charge in [-0.1, -0.05) is 6.92 Å². The number of hydrogen-bond acceptors (Lipinski definition) is 4. The van der Waals surface area contributed by atoms with Crippen LogP contribution in [0, 0.1) is 5.92 Å². The molecule has 4 rings (SSSR count).